The number of carbonyl (C=O) groups is 1. The summed E-state index contributed by atoms with van der Waals surface area (Å²) >= 11 is 0. The number of aldehydes is 1. The van der Waals surface area contributed by atoms with Crippen LogP contribution in [0.4, 0.5) is 0 Å². The number of ether oxygens (including phenoxy) is 2. The monoisotopic (exact) mass is 350 g/mol. The van der Waals surface area contributed by atoms with Gasteiger partial charge in [0, 0.05) is 11.1 Å². The van der Waals surface area contributed by atoms with E-state index >= 15 is 0 Å². The van der Waals surface area contributed by atoms with E-state index in [2.05, 4.69) is 0 Å². The Morgan fingerprint density at radius 1 is 0.920 bits per heavy atom. The standard InChI is InChI=1S/C9H10O3.C7H6O2.C2H6O2/c10-8-3-1-2-7(6-8)9-11-4-5-12-9;8-5-6-2-1-3-7(9)4-6;3-1-2-4/h1-3,6,9-10H,4-5H2;1-5,9H;3-4H,1-2H2. The van der Waals surface area contributed by atoms with Crippen LogP contribution >= 0.6 is 0 Å². The lowest BCUT2D eigenvalue weighted by Gasteiger charge is -2.08. The molecule has 2 aromatic rings. The molecule has 0 bridgehead atoms. The van der Waals surface area contributed by atoms with Crippen LogP contribution in [0.5, 0.6) is 11.5 Å². The number of benzene rings is 2. The zero-order chi connectivity index (χ0) is 18.5. The zero-order valence-corrected chi connectivity index (χ0v) is 13.6. The third-order valence-corrected chi connectivity index (χ3v) is 2.87. The van der Waals surface area contributed by atoms with Crippen LogP contribution in [0.25, 0.3) is 0 Å². The van der Waals surface area contributed by atoms with Gasteiger partial charge in [0.25, 0.3) is 0 Å². The van der Waals surface area contributed by atoms with Crippen LogP contribution in [0.2, 0.25) is 0 Å². The summed E-state index contributed by atoms with van der Waals surface area (Å²) in [7, 11) is 0. The van der Waals surface area contributed by atoms with Crippen molar-refractivity contribution in [3.05, 3.63) is 59.7 Å². The summed E-state index contributed by atoms with van der Waals surface area (Å²) in [6, 6.07) is 13.1. The van der Waals surface area contributed by atoms with Gasteiger partial charge in [0.2, 0.25) is 0 Å². The molecule has 2 aromatic carbocycles. The van der Waals surface area contributed by atoms with Gasteiger partial charge in [-0.2, -0.15) is 0 Å². The van der Waals surface area contributed by atoms with E-state index in [1.54, 1.807) is 30.3 Å². The van der Waals surface area contributed by atoms with Gasteiger partial charge >= 0.3 is 0 Å². The van der Waals surface area contributed by atoms with Gasteiger partial charge in [0.15, 0.2) is 6.29 Å². The van der Waals surface area contributed by atoms with Gasteiger partial charge in [-0.25, -0.2) is 0 Å². The van der Waals surface area contributed by atoms with Gasteiger partial charge in [0.05, 0.1) is 26.4 Å². The zero-order valence-electron chi connectivity index (χ0n) is 13.6. The van der Waals surface area contributed by atoms with Gasteiger partial charge in [0.1, 0.15) is 17.8 Å². The summed E-state index contributed by atoms with van der Waals surface area (Å²) in [5, 5.41) is 33.2. The van der Waals surface area contributed by atoms with E-state index in [0.29, 0.717) is 25.1 Å². The number of hydrogen-bond acceptors (Lipinski definition) is 7. The van der Waals surface area contributed by atoms with Crippen molar-refractivity contribution < 1.29 is 34.7 Å². The fourth-order valence-electron chi connectivity index (χ4n) is 1.82. The molecule has 0 aliphatic carbocycles. The molecule has 1 saturated heterocycles. The first kappa shape index (κ1) is 20.6. The largest absolute Gasteiger partial charge is 0.508 e. The fraction of sp³-hybridized carbons (Fsp3) is 0.278. The molecule has 0 atom stereocenters. The van der Waals surface area contributed by atoms with E-state index in [4.69, 9.17) is 29.9 Å². The van der Waals surface area contributed by atoms with Crippen molar-refractivity contribution in [2.75, 3.05) is 26.4 Å². The minimum atomic E-state index is -0.294. The quantitative estimate of drug-likeness (QED) is 0.621. The van der Waals surface area contributed by atoms with Crippen molar-refractivity contribution in [2.45, 2.75) is 6.29 Å². The first-order valence-electron chi connectivity index (χ1n) is 7.58. The van der Waals surface area contributed by atoms with E-state index < -0.39 is 0 Å². The van der Waals surface area contributed by atoms with Crippen molar-refractivity contribution >= 4 is 6.29 Å². The van der Waals surface area contributed by atoms with Crippen molar-refractivity contribution in [1.29, 1.82) is 0 Å². The summed E-state index contributed by atoms with van der Waals surface area (Å²) in [4.78, 5) is 10.0. The highest BCUT2D eigenvalue weighted by atomic mass is 16.7. The molecule has 7 heteroatoms. The first-order valence-corrected chi connectivity index (χ1v) is 7.58. The minimum Gasteiger partial charge on any atom is -0.508 e. The Hall–Kier alpha value is -2.45. The maximum absolute atomic E-state index is 10.0. The maximum atomic E-state index is 10.0. The number of aliphatic hydroxyl groups is 2. The van der Waals surface area contributed by atoms with Crippen LogP contribution in [0.1, 0.15) is 22.2 Å². The summed E-state index contributed by atoms with van der Waals surface area (Å²) in [5.74, 6) is 0.367. The van der Waals surface area contributed by atoms with Gasteiger partial charge in [-0.05, 0) is 24.3 Å². The van der Waals surface area contributed by atoms with E-state index in [1.807, 2.05) is 6.07 Å². The molecule has 136 valence electrons. The Bertz CT molecular complexity index is 622. The highest BCUT2D eigenvalue weighted by Gasteiger charge is 2.17. The molecular formula is C18H22O7. The first-order chi connectivity index (χ1) is 12.1. The number of aromatic hydroxyl groups is 2. The SMILES string of the molecule is O=Cc1cccc(O)c1.OCCO.Oc1cccc(C2OCCO2)c1. The fourth-order valence-corrected chi connectivity index (χ4v) is 1.82. The van der Waals surface area contributed by atoms with E-state index in [0.717, 1.165) is 5.56 Å². The molecule has 0 radical (unpaired) electrons. The maximum Gasteiger partial charge on any atom is 0.184 e. The van der Waals surface area contributed by atoms with Gasteiger partial charge in [-0.1, -0.05) is 24.3 Å². The summed E-state index contributed by atoms with van der Waals surface area (Å²) in [6.07, 6.45) is 0.400. The second-order valence-corrected chi connectivity index (χ2v) is 4.83. The molecule has 0 spiro atoms. The highest BCUT2D eigenvalue weighted by molar-refractivity contribution is 5.75. The molecule has 1 fully saturated rings. The molecule has 3 rings (SSSR count). The van der Waals surface area contributed by atoms with Crippen molar-refractivity contribution in [2.24, 2.45) is 0 Å². The summed E-state index contributed by atoms with van der Waals surface area (Å²) < 4.78 is 10.5. The van der Waals surface area contributed by atoms with Crippen molar-refractivity contribution in [3.63, 3.8) is 0 Å². The van der Waals surface area contributed by atoms with Crippen LogP contribution in [0.15, 0.2) is 48.5 Å². The lowest BCUT2D eigenvalue weighted by molar-refractivity contribution is -0.0442. The molecular weight excluding hydrogens is 328 g/mol. The number of phenols is 2. The molecule has 1 aliphatic rings. The Labute approximate surface area is 145 Å². The van der Waals surface area contributed by atoms with Gasteiger partial charge in [-0.3, -0.25) is 4.79 Å². The normalized spacial score (nSPS) is 13.2. The highest BCUT2D eigenvalue weighted by Crippen LogP contribution is 2.25. The van der Waals surface area contributed by atoms with Gasteiger partial charge in [-0.15, -0.1) is 0 Å². The van der Waals surface area contributed by atoms with E-state index in [1.165, 1.54) is 12.1 Å². The molecule has 0 unspecified atom stereocenters. The van der Waals surface area contributed by atoms with Crippen molar-refractivity contribution in [3.8, 4) is 11.5 Å². The predicted molar refractivity (Wildman–Crippen MR) is 90.4 cm³/mol. The number of phenolic OH excluding ortho intramolecular Hbond substituents is 2. The number of rotatable bonds is 3. The van der Waals surface area contributed by atoms with E-state index in [9.17, 15) is 4.79 Å². The van der Waals surface area contributed by atoms with E-state index in [-0.39, 0.29) is 31.0 Å². The molecule has 1 heterocycles. The number of aliphatic hydroxyl groups excluding tert-OH is 2. The molecule has 0 amide bonds. The third-order valence-electron chi connectivity index (χ3n) is 2.87. The predicted octanol–water partition coefficient (Wildman–Crippen LogP) is 1.61. The Balaban J connectivity index is 0.000000213. The minimum absolute atomic E-state index is 0.125. The van der Waals surface area contributed by atoms with Gasteiger partial charge < -0.3 is 29.9 Å². The topological polar surface area (TPSA) is 116 Å². The Kier molecular flexibility index (Phi) is 9.88. The Morgan fingerprint density at radius 2 is 1.48 bits per heavy atom. The molecule has 25 heavy (non-hydrogen) atoms. The molecule has 1 aliphatic heterocycles. The third kappa shape index (κ3) is 8.27. The lowest BCUT2D eigenvalue weighted by Crippen LogP contribution is -1.96. The van der Waals surface area contributed by atoms with Crippen LogP contribution in [0.3, 0.4) is 0 Å². The summed E-state index contributed by atoms with van der Waals surface area (Å²) in [6.45, 7) is 1.00. The Morgan fingerprint density at radius 3 is 1.92 bits per heavy atom. The average Bonchev–Trinajstić information content (AvgIpc) is 3.17. The van der Waals surface area contributed by atoms with Crippen molar-refractivity contribution in [1.82, 2.24) is 0 Å². The summed E-state index contributed by atoms with van der Waals surface area (Å²) in [5.41, 5.74) is 1.36. The average molecular weight is 350 g/mol. The molecule has 0 aromatic heterocycles. The number of carbonyl (C=O) groups excluding carboxylic acids is 1. The molecule has 0 saturated carbocycles. The molecule has 4 N–H and O–H groups in total. The van der Waals surface area contributed by atoms with Crippen LogP contribution in [-0.4, -0.2) is 53.1 Å². The van der Waals surface area contributed by atoms with Crippen LogP contribution in [0, 0.1) is 0 Å². The smallest absolute Gasteiger partial charge is 0.184 e. The molecule has 7 nitrogen and oxygen atoms in total. The van der Waals surface area contributed by atoms with Crippen LogP contribution in [-0.2, 0) is 9.47 Å². The lowest BCUT2D eigenvalue weighted by atomic mass is 10.2. The second kappa shape index (κ2) is 12.0. The second-order valence-electron chi connectivity index (χ2n) is 4.83. The number of hydrogen-bond donors (Lipinski definition) is 4. The van der Waals surface area contributed by atoms with Crippen LogP contribution < -0.4 is 0 Å².